The highest BCUT2D eigenvalue weighted by atomic mass is 35.5. The summed E-state index contributed by atoms with van der Waals surface area (Å²) in [5, 5.41) is 3.77. The van der Waals surface area contributed by atoms with Crippen LogP contribution in [0.4, 0.5) is 10.1 Å². The second-order valence-corrected chi connectivity index (χ2v) is 8.21. The van der Waals surface area contributed by atoms with Crippen molar-refractivity contribution < 1.29 is 13.6 Å². The first-order valence-corrected chi connectivity index (χ1v) is 10.8. The molecule has 162 valence electrons. The molecule has 0 aliphatic carbocycles. The number of amides is 1. The van der Waals surface area contributed by atoms with E-state index >= 15 is 0 Å². The SMILES string of the molecule is O=C(NCC(c1ccco1)N1CCN(c2ccc(F)cc2)CC1)c1cc(Cl)ccc1Cl. The van der Waals surface area contributed by atoms with Crippen LogP contribution in [0.3, 0.4) is 0 Å². The molecule has 1 saturated heterocycles. The summed E-state index contributed by atoms with van der Waals surface area (Å²) in [4.78, 5) is 17.2. The van der Waals surface area contributed by atoms with Gasteiger partial charge < -0.3 is 14.6 Å². The Balaban J connectivity index is 1.42. The summed E-state index contributed by atoms with van der Waals surface area (Å²) in [5.74, 6) is 0.262. The predicted molar refractivity (Wildman–Crippen MR) is 120 cm³/mol. The third kappa shape index (κ3) is 5.21. The van der Waals surface area contributed by atoms with Crippen LogP contribution in [0.15, 0.2) is 65.3 Å². The highest BCUT2D eigenvalue weighted by Gasteiger charge is 2.28. The lowest BCUT2D eigenvalue weighted by molar-refractivity contribution is 0.0923. The van der Waals surface area contributed by atoms with Gasteiger partial charge in [0.1, 0.15) is 11.6 Å². The number of carbonyl (C=O) groups is 1. The van der Waals surface area contributed by atoms with Gasteiger partial charge in [0.15, 0.2) is 0 Å². The molecule has 2 aromatic carbocycles. The van der Waals surface area contributed by atoms with Crippen molar-refractivity contribution in [1.82, 2.24) is 10.2 Å². The molecule has 1 unspecified atom stereocenters. The van der Waals surface area contributed by atoms with Crippen LogP contribution in [-0.4, -0.2) is 43.5 Å². The highest BCUT2D eigenvalue weighted by Crippen LogP contribution is 2.25. The van der Waals surface area contributed by atoms with E-state index in [1.807, 2.05) is 12.1 Å². The molecular formula is C23H22Cl2FN3O2. The lowest BCUT2D eigenvalue weighted by Crippen LogP contribution is -2.49. The molecule has 3 aromatic rings. The molecule has 1 atom stereocenters. The maximum atomic E-state index is 13.2. The summed E-state index contributed by atoms with van der Waals surface area (Å²) >= 11 is 12.2. The van der Waals surface area contributed by atoms with Crippen LogP contribution < -0.4 is 10.2 Å². The number of nitrogens with zero attached hydrogens (tertiary/aromatic N) is 2. The second-order valence-electron chi connectivity index (χ2n) is 7.36. The van der Waals surface area contributed by atoms with E-state index in [2.05, 4.69) is 15.1 Å². The maximum absolute atomic E-state index is 13.2. The van der Waals surface area contributed by atoms with Crippen LogP contribution in [0.2, 0.25) is 10.0 Å². The number of halogens is 3. The molecule has 5 nitrogen and oxygen atoms in total. The van der Waals surface area contributed by atoms with Gasteiger partial charge in [-0.05, 0) is 54.6 Å². The first-order valence-electron chi connectivity index (χ1n) is 10.0. The number of furan rings is 1. The van der Waals surface area contributed by atoms with Crippen molar-refractivity contribution in [2.24, 2.45) is 0 Å². The Morgan fingerprint density at radius 3 is 2.48 bits per heavy atom. The van der Waals surface area contributed by atoms with Gasteiger partial charge >= 0.3 is 0 Å². The standard InChI is InChI=1S/C23H22Cl2FN3O2/c24-16-3-8-20(25)19(14-16)23(30)27-15-21(22-2-1-13-31-22)29-11-9-28(10-12-29)18-6-4-17(26)5-7-18/h1-8,13-14,21H,9-12,15H2,(H,27,30). The normalized spacial score (nSPS) is 15.6. The summed E-state index contributed by atoms with van der Waals surface area (Å²) in [6.45, 7) is 3.49. The largest absolute Gasteiger partial charge is 0.468 e. The molecule has 0 bridgehead atoms. The number of anilines is 1. The van der Waals surface area contributed by atoms with Crippen molar-refractivity contribution in [3.63, 3.8) is 0 Å². The van der Waals surface area contributed by atoms with E-state index in [1.165, 1.54) is 12.1 Å². The molecule has 1 amide bonds. The van der Waals surface area contributed by atoms with E-state index in [4.69, 9.17) is 27.6 Å². The van der Waals surface area contributed by atoms with Crippen LogP contribution in [0, 0.1) is 5.82 Å². The fourth-order valence-electron chi connectivity index (χ4n) is 3.79. The molecule has 4 rings (SSSR count). The smallest absolute Gasteiger partial charge is 0.252 e. The van der Waals surface area contributed by atoms with Crippen LogP contribution in [-0.2, 0) is 0 Å². The molecule has 1 N–H and O–H groups in total. The molecule has 8 heteroatoms. The fourth-order valence-corrected chi connectivity index (χ4v) is 4.17. The summed E-state index contributed by atoms with van der Waals surface area (Å²) in [7, 11) is 0. The molecule has 0 radical (unpaired) electrons. The summed E-state index contributed by atoms with van der Waals surface area (Å²) in [6, 6.07) is 15.0. The van der Waals surface area contributed by atoms with E-state index < -0.39 is 0 Å². The quantitative estimate of drug-likeness (QED) is 0.559. The van der Waals surface area contributed by atoms with E-state index in [9.17, 15) is 9.18 Å². The molecule has 0 spiro atoms. The summed E-state index contributed by atoms with van der Waals surface area (Å²) in [5.41, 5.74) is 1.34. The first kappa shape index (κ1) is 21.7. The zero-order valence-electron chi connectivity index (χ0n) is 16.7. The molecule has 31 heavy (non-hydrogen) atoms. The van der Waals surface area contributed by atoms with Gasteiger partial charge in [0, 0.05) is 43.4 Å². The van der Waals surface area contributed by atoms with Crippen molar-refractivity contribution in [2.75, 3.05) is 37.6 Å². The maximum Gasteiger partial charge on any atom is 0.252 e. The molecule has 0 saturated carbocycles. The number of rotatable bonds is 6. The van der Waals surface area contributed by atoms with Crippen molar-refractivity contribution in [3.8, 4) is 0 Å². The molecule has 1 aromatic heterocycles. The van der Waals surface area contributed by atoms with Gasteiger partial charge in [-0.25, -0.2) is 4.39 Å². The minimum absolute atomic E-state index is 0.118. The molecular weight excluding hydrogens is 440 g/mol. The Labute approximate surface area is 190 Å². The lowest BCUT2D eigenvalue weighted by atomic mass is 10.1. The van der Waals surface area contributed by atoms with Gasteiger partial charge in [0.25, 0.3) is 5.91 Å². The lowest BCUT2D eigenvalue weighted by Gasteiger charge is -2.39. The van der Waals surface area contributed by atoms with Crippen molar-refractivity contribution >= 4 is 34.8 Å². The number of benzene rings is 2. The zero-order valence-corrected chi connectivity index (χ0v) is 18.2. The number of hydrogen-bond acceptors (Lipinski definition) is 4. The average molecular weight is 462 g/mol. The van der Waals surface area contributed by atoms with Gasteiger partial charge in [0.05, 0.1) is 22.9 Å². The Bertz CT molecular complexity index is 1020. The third-order valence-corrected chi connectivity index (χ3v) is 6.01. The summed E-state index contributed by atoms with van der Waals surface area (Å²) in [6.07, 6.45) is 1.63. The number of carbonyl (C=O) groups excluding carboxylic acids is 1. The highest BCUT2D eigenvalue weighted by molar-refractivity contribution is 6.35. The van der Waals surface area contributed by atoms with Gasteiger partial charge in [-0.15, -0.1) is 0 Å². The van der Waals surface area contributed by atoms with E-state index in [-0.39, 0.29) is 17.8 Å². The van der Waals surface area contributed by atoms with Crippen LogP contribution >= 0.6 is 23.2 Å². The van der Waals surface area contributed by atoms with Gasteiger partial charge in [-0.1, -0.05) is 23.2 Å². The Hall–Kier alpha value is -2.54. The Kier molecular flexibility index (Phi) is 6.80. The number of hydrogen-bond donors (Lipinski definition) is 1. The van der Waals surface area contributed by atoms with Crippen LogP contribution in [0.1, 0.15) is 22.2 Å². The average Bonchev–Trinajstić information content (AvgIpc) is 3.31. The molecule has 1 aliphatic heterocycles. The monoisotopic (exact) mass is 461 g/mol. The Morgan fingerprint density at radius 1 is 1.06 bits per heavy atom. The second kappa shape index (κ2) is 9.73. The van der Waals surface area contributed by atoms with Crippen LogP contribution in [0.5, 0.6) is 0 Å². The third-order valence-electron chi connectivity index (χ3n) is 5.45. The van der Waals surface area contributed by atoms with Gasteiger partial charge in [0.2, 0.25) is 0 Å². The zero-order chi connectivity index (χ0) is 21.8. The minimum Gasteiger partial charge on any atom is -0.468 e. The number of piperazine rings is 1. The predicted octanol–water partition coefficient (Wildman–Crippen LogP) is 5.02. The topological polar surface area (TPSA) is 48.7 Å². The molecule has 1 fully saturated rings. The molecule has 1 aliphatic rings. The fraction of sp³-hybridized carbons (Fsp3) is 0.261. The molecule has 2 heterocycles. The Morgan fingerprint density at radius 2 is 1.81 bits per heavy atom. The van der Waals surface area contributed by atoms with Crippen LogP contribution in [0.25, 0.3) is 0 Å². The van der Waals surface area contributed by atoms with Gasteiger partial charge in [-0.3, -0.25) is 9.69 Å². The van der Waals surface area contributed by atoms with Crippen molar-refractivity contribution in [1.29, 1.82) is 0 Å². The van der Waals surface area contributed by atoms with Crippen molar-refractivity contribution in [3.05, 3.63) is 88.0 Å². The summed E-state index contributed by atoms with van der Waals surface area (Å²) < 4.78 is 18.9. The number of nitrogens with one attached hydrogen (secondary N) is 1. The van der Waals surface area contributed by atoms with E-state index in [1.54, 1.807) is 36.6 Å². The minimum atomic E-state index is -0.283. The van der Waals surface area contributed by atoms with E-state index in [0.717, 1.165) is 37.6 Å². The van der Waals surface area contributed by atoms with Gasteiger partial charge in [-0.2, -0.15) is 0 Å². The van der Waals surface area contributed by atoms with E-state index in [0.29, 0.717) is 22.2 Å². The van der Waals surface area contributed by atoms with Crippen molar-refractivity contribution in [2.45, 2.75) is 6.04 Å². The first-order chi connectivity index (χ1) is 15.0.